The highest BCUT2D eigenvalue weighted by Gasteiger charge is 2.26. The van der Waals surface area contributed by atoms with Crippen LogP contribution in [0.4, 0.5) is 5.69 Å². The molecule has 0 bridgehead atoms. The molecule has 0 amide bonds. The van der Waals surface area contributed by atoms with Crippen molar-refractivity contribution in [1.29, 1.82) is 0 Å². The van der Waals surface area contributed by atoms with Crippen LogP contribution in [-0.2, 0) is 22.5 Å². The molecule has 0 spiro atoms. The predicted molar refractivity (Wildman–Crippen MR) is 64.1 cm³/mol. The fraction of sp³-hybridized carbons (Fsp3) is 0.417. The maximum absolute atomic E-state index is 11.6. The number of rotatable bonds is 3. The van der Waals surface area contributed by atoms with Crippen molar-refractivity contribution in [3.8, 4) is 0 Å². The molecule has 1 aromatic rings. The summed E-state index contributed by atoms with van der Waals surface area (Å²) < 4.78 is 4.95. The third kappa shape index (κ3) is 2.48. The summed E-state index contributed by atoms with van der Waals surface area (Å²) in [5, 5.41) is 13.7. The number of nitrogens with zero attached hydrogens (tertiary/aromatic N) is 1. The SMILES string of the molecule is CCOC(=O)C1Cc2ccc([N+](=O)[O-])cc2CN1. The lowest BCUT2D eigenvalue weighted by atomic mass is 9.95. The van der Waals surface area contributed by atoms with E-state index in [-0.39, 0.29) is 17.7 Å². The minimum atomic E-state index is -0.419. The van der Waals surface area contributed by atoms with Crippen LogP contribution < -0.4 is 5.32 Å². The van der Waals surface area contributed by atoms with E-state index in [2.05, 4.69) is 5.32 Å². The summed E-state index contributed by atoms with van der Waals surface area (Å²) in [6, 6.07) is 4.36. The van der Waals surface area contributed by atoms with Gasteiger partial charge in [0.1, 0.15) is 6.04 Å². The van der Waals surface area contributed by atoms with Crippen molar-refractivity contribution in [2.24, 2.45) is 0 Å². The van der Waals surface area contributed by atoms with Gasteiger partial charge in [-0.25, -0.2) is 0 Å². The number of carbonyl (C=O) groups excluding carboxylic acids is 1. The van der Waals surface area contributed by atoms with E-state index in [1.807, 2.05) is 0 Å². The molecule has 96 valence electrons. The quantitative estimate of drug-likeness (QED) is 0.494. The molecule has 18 heavy (non-hydrogen) atoms. The van der Waals surface area contributed by atoms with E-state index in [1.54, 1.807) is 19.1 Å². The van der Waals surface area contributed by atoms with Crippen molar-refractivity contribution >= 4 is 11.7 Å². The van der Waals surface area contributed by atoms with Crippen LogP contribution in [0.2, 0.25) is 0 Å². The Morgan fingerprint density at radius 2 is 2.33 bits per heavy atom. The fourth-order valence-electron chi connectivity index (χ4n) is 2.02. The standard InChI is InChI=1S/C12H14N2O4/c1-2-18-12(15)11-6-8-3-4-10(14(16)17)5-9(8)7-13-11/h3-5,11,13H,2,6-7H2,1H3. The van der Waals surface area contributed by atoms with E-state index in [1.165, 1.54) is 6.07 Å². The zero-order valence-corrected chi connectivity index (χ0v) is 10.0. The van der Waals surface area contributed by atoms with Gasteiger partial charge < -0.3 is 10.1 Å². The predicted octanol–water partition coefficient (Wildman–Crippen LogP) is 1.17. The lowest BCUT2D eigenvalue weighted by molar-refractivity contribution is -0.384. The lowest BCUT2D eigenvalue weighted by Gasteiger charge is -2.24. The molecular weight excluding hydrogens is 236 g/mol. The third-order valence-electron chi connectivity index (χ3n) is 2.93. The first kappa shape index (κ1) is 12.5. The van der Waals surface area contributed by atoms with Gasteiger partial charge in [0.25, 0.3) is 5.69 Å². The van der Waals surface area contributed by atoms with Crippen LogP contribution >= 0.6 is 0 Å². The first-order valence-electron chi connectivity index (χ1n) is 5.78. The molecule has 0 aromatic heterocycles. The number of ether oxygens (including phenoxy) is 1. The second-order valence-corrected chi connectivity index (χ2v) is 4.10. The van der Waals surface area contributed by atoms with Crippen molar-refractivity contribution in [2.45, 2.75) is 25.9 Å². The molecule has 0 fully saturated rings. The summed E-state index contributed by atoms with van der Waals surface area (Å²) in [6.45, 7) is 2.56. The van der Waals surface area contributed by atoms with Crippen LogP contribution in [0.1, 0.15) is 18.1 Å². The number of nitrogens with one attached hydrogen (secondary N) is 1. The zero-order valence-electron chi connectivity index (χ0n) is 10.0. The van der Waals surface area contributed by atoms with E-state index in [4.69, 9.17) is 4.74 Å². The Kier molecular flexibility index (Phi) is 3.57. The fourth-order valence-corrected chi connectivity index (χ4v) is 2.02. The average Bonchev–Trinajstić information content (AvgIpc) is 2.37. The van der Waals surface area contributed by atoms with Crippen LogP contribution in [0.3, 0.4) is 0 Å². The molecule has 1 aromatic carbocycles. The maximum atomic E-state index is 11.6. The number of benzene rings is 1. The molecule has 6 heteroatoms. The summed E-state index contributed by atoms with van der Waals surface area (Å²) in [5.41, 5.74) is 1.90. The Morgan fingerprint density at radius 1 is 1.56 bits per heavy atom. The topological polar surface area (TPSA) is 81.5 Å². The number of fused-ring (bicyclic) bond motifs is 1. The van der Waals surface area contributed by atoms with E-state index >= 15 is 0 Å². The van der Waals surface area contributed by atoms with Crippen molar-refractivity contribution < 1.29 is 14.5 Å². The number of esters is 1. The molecule has 0 saturated heterocycles. The van der Waals surface area contributed by atoms with Crippen molar-refractivity contribution in [1.82, 2.24) is 5.32 Å². The van der Waals surface area contributed by atoms with Crippen LogP contribution in [0.5, 0.6) is 0 Å². The summed E-state index contributed by atoms with van der Waals surface area (Å²) in [5.74, 6) is -0.276. The van der Waals surface area contributed by atoms with Gasteiger partial charge in [0.2, 0.25) is 0 Å². The van der Waals surface area contributed by atoms with Crippen LogP contribution in [0.25, 0.3) is 0 Å². The molecule has 1 N–H and O–H groups in total. The summed E-state index contributed by atoms with van der Waals surface area (Å²) in [7, 11) is 0. The molecule has 0 aliphatic carbocycles. The van der Waals surface area contributed by atoms with Crippen molar-refractivity contribution in [3.05, 3.63) is 39.4 Å². The second-order valence-electron chi connectivity index (χ2n) is 4.10. The Balaban J connectivity index is 2.16. The molecule has 1 heterocycles. The molecule has 0 saturated carbocycles. The first-order valence-corrected chi connectivity index (χ1v) is 5.78. The van der Waals surface area contributed by atoms with Gasteiger partial charge in [0, 0.05) is 18.7 Å². The highest BCUT2D eigenvalue weighted by Crippen LogP contribution is 2.22. The van der Waals surface area contributed by atoms with E-state index in [0.29, 0.717) is 19.6 Å². The van der Waals surface area contributed by atoms with Gasteiger partial charge in [-0.1, -0.05) is 6.07 Å². The van der Waals surface area contributed by atoms with Gasteiger partial charge in [-0.2, -0.15) is 0 Å². The highest BCUT2D eigenvalue weighted by atomic mass is 16.6. The Labute approximate surface area is 104 Å². The van der Waals surface area contributed by atoms with Crippen LogP contribution in [0.15, 0.2) is 18.2 Å². The highest BCUT2D eigenvalue weighted by molar-refractivity contribution is 5.76. The lowest BCUT2D eigenvalue weighted by Crippen LogP contribution is -2.42. The Bertz CT molecular complexity index is 487. The van der Waals surface area contributed by atoms with Gasteiger partial charge in [0.15, 0.2) is 0 Å². The van der Waals surface area contributed by atoms with Gasteiger partial charge >= 0.3 is 5.97 Å². The normalized spacial score (nSPS) is 17.9. The number of hydrogen-bond donors (Lipinski definition) is 1. The molecule has 0 radical (unpaired) electrons. The van der Waals surface area contributed by atoms with Gasteiger partial charge in [-0.05, 0) is 24.5 Å². The molecular formula is C12H14N2O4. The maximum Gasteiger partial charge on any atom is 0.323 e. The van der Waals surface area contributed by atoms with Gasteiger partial charge in [-0.3, -0.25) is 14.9 Å². The molecule has 2 rings (SSSR count). The minimum Gasteiger partial charge on any atom is -0.465 e. The van der Waals surface area contributed by atoms with Gasteiger partial charge in [0.05, 0.1) is 11.5 Å². The summed E-state index contributed by atoms with van der Waals surface area (Å²) in [4.78, 5) is 21.8. The minimum absolute atomic E-state index is 0.0742. The number of nitro groups is 1. The van der Waals surface area contributed by atoms with E-state index < -0.39 is 4.92 Å². The molecule has 1 unspecified atom stereocenters. The number of hydrogen-bond acceptors (Lipinski definition) is 5. The van der Waals surface area contributed by atoms with Crippen LogP contribution in [0, 0.1) is 10.1 Å². The zero-order chi connectivity index (χ0) is 13.1. The van der Waals surface area contributed by atoms with E-state index in [9.17, 15) is 14.9 Å². The Morgan fingerprint density at radius 3 is 3.00 bits per heavy atom. The Hall–Kier alpha value is -1.95. The smallest absolute Gasteiger partial charge is 0.323 e. The molecule has 1 aliphatic rings. The monoisotopic (exact) mass is 250 g/mol. The van der Waals surface area contributed by atoms with Crippen LogP contribution in [-0.4, -0.2) is 23.5 Å². The summed E-state index contributed by atoms with van der Waals surface area (Å²) in [6.07, 6.45) is 0.506. The summed E-state index contributed by atoms with van der Waals surface area (Å²) >= 11 is 0. The second kappa shape index (κ2) is 5.14. The van der Waals surface area contributed by atoms with Crippen molar-refractivity contribution in [2.75, 3.05) is 6.61 Å². The molecule has 6 nitrogen and oxygen atoms in total. The first-order chi connectivity index (χ1) is 8.61. The van der Waals surface area contributed by atoms with Gasteiger partial charge in [-0.15, -0.1) is 0 Å². The average molecular weight is 250 g/mol. The van der Waals surface area contributed by atoms with E-state index in [0.717, 1.165) is 11.1 Å². The third-order valence-corrected chi connectivity index (χ3v) is 2.93. The molecule has 1 aliphatic heterocycles. The molecule has 1 atom stereocenters. The number of non-ortho nitro benzene ring substituents is 1. The number of nitro benzene ring substituents is 1. The number of carbonyl (C=O) groups is 1. The van der Waals surface area contributed by atoms with Crippen molar-refractivity contribution in [3.63, 3.8) is 0 Å². The largest absolute Gasteiger partial charge is 0.465 e.